The average Bonchev–Trinajstić information content (AvgIpc) is 2.92. The Balaban J connectivity index is 1.55. The van der Waals surface area contributed by atoms with Gasteiger partial charge >= 0.3 is 0 Å². The molecule has 0 saturated heterocycles. The summed E-state index contributed by atoms with van der Waals surface area (Å²) >= 11 is 0. The van der Waals surface area contributed by atoms with Gasteiger partial charge in [-0.2, -0.15) is 0 Å². The maximum Gasteiger partial charge on any atom is 0.133 e. The van der Waals surface area contributed by atoms with Crippen molar-refractivity contribution in [2.24, 2.45) is 40.9 Å². The number of carbonyl (C=O) groups excluding carboxylic acids is 1. The van der Waals surface area contributed by atoms with Crippen molar-refractivity contribution in [1.82, 2.24) is 0 Å². The van der Waals surface area contributed by atoms with Crippen molar-refractivity contribution in [2.45, 2.75) is 65.2 Å². The van der Waals surface area contributed by atoms with Gasteiger partial charge in [-0.25, -0.2) is 0 Å². The quantitative estimate of drug-likeness (QED) is 0.679. The molecule has 0 aromatic carbocycles. The third kappa shape index (κ3) is 2.52. The van der Waals surface area contributed by atoms with Crippen molar-refractivity contribution < 1.29 is 9.53 Å². The van der Waals surface area contributed by atoms with Gasteiger partial charge in [-0.3, -0.25) is 4.79 Å². The summed E-state index contributed by atoms with van der Waals surface area (Å²) in [6.45, 7) is 5.20. The standard InChI is InChI=1S/C22H34O2/c1-14(23)20-8-9-21-19-7-5-16-12-15(13-24-3)4-6-17(16)18(19)10-11-22(20,21)2/h10,15-17,19-21H,4-9,11-13H2,1-3H3/t15?,16?,17-,19+,20+,21-,22+/m0/s1. The van der Waals surface area contributed by atoms with Gasteiger partial charge in [0.15, 0.2) is 0 Å². The highest BCUT2D eigenvalue weighted by molar-refractivity contribution is 5.79. The van der Waals surface area contributed by atoms with E-state index in [0.29, 0.717) is 11.7 Å². The number of carbonyl (C=O) groups is 1. The molecule has 3 fully saturated rings. The van der Waals surface area contributed by atoms with Gasteiger partial charge in [-0.05, 0) is 93.3 Å². The number of methoxy groups -OCH3 is 1. The molecule has 4 rings (SSSR count). The Labute approximate surface area is 147 Å². The molecule has 2 heteroatoms. The Morgan fingerprint density at radius 3 is 2.71 bits per heavy atom. The van der Waals surface area contributed by atoms with Crippen LogP contribution >= 0.6 is 0 Å². The zero-order valence-electron chi connectivity index (χ0n) is 15.7. The maximum atomic E-state index is 12.2. The van der Waals surface area contributed by atoms with Crippen molar-refractivity contribution >= 4 is 5.78 Å². The minimum absolute atomic E-state index is 0.250. The maximum absolute atomic E-state index is 12.2. The average molecular weight is 331 g/mol. The van der Waals surface area contributed by atoms with Crippen LogP contribution in [-0.2, 0) is 9.53 Å². The zero-order chi connectivity index (χ0) is 16.9. The number of ether oxygens (including phenoxy) is 1. The van der Waals surface area contributed by atoms with Gasteiger partial charge in [-0.1, -0.05) is 18.6 Å². The zero-order valence-corrected chi connectivity index (χ0v) is 15.7. The van der Waals surface area contributed by atoms with Crippen LogP contribution in [0.1, 0.15) is 65.2 Å². The highest BCUT2D eigenvalue weighted by Gasteiger charge is 2.55. The molecule has 7 atom stereocenters. The van der Waals surface area contributed by atoms with Gasteiger partial charge in [0.2, 0.25) is 0 Å². The molecular weight excluding hydrogens is 296 g/mol. The molecule has 0 radical (unpaired) electrons. The second-order valence-electron chi connectivity index (χ2n) is 9.45. The van der Waals surface area contributed by atoms with Gasteiger partial charge in [0, 0.05) is 19.6 Å². The Kier molecular flexibility index (Phi) is 4.39. The molecule has 4 aliphatic carbocycles. The topological polar surface area (TPSA) is 26.3 Å². The van der Waals surface area contributed by atoms with E-state index >= 15 is 0 Å². The predicted molar refractivity (Wildman–Crippen MR) is 96.6 cm³/mol. The summed E-state index contributed by atoms with van der Waals surface area (Å²) in [5.41, 5.74) is 2.06. The van der Waals surface area contributed by atoms with Crippen LogP contribution in [0.3, 0.4) is 0 Å². The Bertz CT molecular complexity index is 536. The Morgan fingerprint density at radius 2 is 1.96 bits per heavy atom. The van der Waals surface area contributed by atoms with Gasteiger partial charge in [-0.15, -0.1) is 0 Å². The molecule has 0 N–H and O–H groups in total. The summed E-state index contributed by atoms with van der Waals surface area (Å²) in [4.78, 5) is 12.2. The Morgan fingerprint density at radius 1 is 1.17 bits per heavy atom. The molecule has 3 saturated carbocycles. The molecule has 0 spiro atoms. The second-order valence-corrected chi connectivity index (χ2v) is 9.45. The summed E-state index contributed by atoms with van der Waals surface area (Å²) in [5.74, 6) is 4.84. The monoisotopic (exact) mass is 330 g/mol. The number of allylic oxidation sites excluding steroid dienone is 2. The van der Waals surface area contributed by atoms with Crippen LogP contribution in [0.25, 0.3) is 0 Å². The van der Waals surface area contributed by atoms with Crippen LogP contribution in [0.4, 0.5) is 0 Å². The van der Waals surface area contributed by atoms with E-state index in [1.165, 1.54) is 38.5 Å². The highest BCUT2D eigenvalue weighted by Crippen LogP contribution is 2.62. The van der Waals surface area contributed by atoms with Gasteiger partial charge in [0.05, 0.1) is 0 Å². The summed E-state index contributed by atoms with van der Waals surface area (Å²) in [6.07, 6.45) is 13.1. The lowest BCUT2D eigenvalue weighted by Gasteiger charge is -2.52. The van der Waals surface area contributed by atoms with E-state index in [0.717, 1.165) is 49.0 Å². The molecule has 0 bridgehead atoms. The first kappa shape index (κ1) is 16.8. The number of hydrogen-bond donors (Lipinski definition) is 0. The molecule has 0 aliphatic heterocycles. The second kappa shape index (κ2) is 6.27. The van der Waals surface area contributed by atoms with Crippen LogP contribution in [0, 0.1) is 40.9 Å². The van der Waals surface area contributed by atoms with Crippen LogP contribution in [0.5, 0.6) is 0 Å². The van der Waals surface area contributed by atoms with Crippen molar-refractivity contribution in [1.29, 1.82) is 0 Å². The van der Waals surface area contributed by atoms with Crippen molar-refractivity contribution in [3.05, 3.63) is 11.6 Å². The molecule has 134 valence electrons. The molecule has 0 aromatic heterocycles. The SMILES string of the molecule is COCC1CC[C@@H]2C3=CC[C@]4(C)[C@@H](C(C)=O)CC[C@H]4[C@@H]3CCC2C1. The molecule has 24 heavy (non-hydrogen) atoms. The fraction of sp³-hybridized carbons (Fsp3) is 0.864. The number of rotatable bonds is 3. The third-order valence-corrected chi connectivity index (χ3v) is 8.36. The van der Waals surface area contributed by atoms with Gasteiger partial charge in [0.25, 0.3) is 0 Å². The molecule has 0 aromatic rings. The van der Waals surface area contributed by atoms with E-state index in [4.69, 9.17) is 4.74 Å². The van der Waals surface area contributed by atoms with Crippen LogP contribution < -0.4 is 0 Å². The van der Waals surface area contributed by atoms with E-state index < -0.39 is 0 Å². The lowest BCUT2D eigenvalue weighted by Crippen LogP contribution is -2.44. The summed E-state index contributed by atoms with van der Waals surface area (Å²) in [6, 6.07) is 0. The minimum Gasteiger partial charge on any atom is -0.384 e. The van der Waals surface area contributed by atoms with E-state index in [2.05, 4.69) is 13.0 Å². The predicted octanol–water partition coefficient (Wildman–Crippen LogP) is 5.03. The fourth-order valence-electron chi connectivity index (χ4n) is 7.30. The lowest BCUT2D eigenvalue weighted by molar-refractivity contribution is -0.124. The summed E-state index contributed by atoms with van der Waals surface area (Å²) < 4.78 is 5.43. The van der Waals surface area contributed by atoms with Crippen molar-refractivity contribution in [2.75, 3.05) is 13.7 Å². The van der Waals surface area contributed by atoms with Gasteiger partial charge < -0.3 is 4.74 Å². The highest BCUT2D eigenvalue weighted by atomic mass is 16.5. The first-order chi connectivity index (χ1) is 11.5. The first-order valence-corrected chi connectivity index (χ1v) is 10.2. The third-order valence-electron chi connectivity index (χ3n) is 8.36. The van der Waals surface area contributed by atoms with Crippen LogP contribution in [0.15, 0.2) is 11.6 Å². The number of hydrogen-bond acceptors (Lipinski definition) is 2. The summed E-state index contributed by atoms with van der Waals surface area (Å²) in [7, 11) is 1.85. The number of fused-ring (bicyclic) bond motifs is 5. The smallest absolute Gasteiger partial charge is 0.133 e. The Hall–Kier alpha value is -0.630. The van der Waals surface area contributed by atoms with Crippen LogP contribution in [0.2, 0.25) is 0 Å². The van der Waals surface area contributed by atoms with E-state index in [9.17, 15) is 4.79 Å². The molecule has 0 heterocycles. The number of Topliss-reactive ketones (excluding diaryl/α,β-unsaturated/α-hetero) is 1. The van der Waals surface area contributed by atoms with E-state index in [1.54, 1.807) is 0 Å². The fourth-order valence-corrected chi connectivity index (χ4v) is 7.30. The largest absolute Gasteiger partial charge is 0.384 e. The van der Waals surface area contributed by atoms with Crippen molar-refractivity contribution in [3.8, 4) is 0 Å². The number of ketones is 1. The molecule has 2 unspecified atom stereocenters. The molecule has 4 aliphatic rings. The molecular formula is C22H34O2. The van der Waals surface area contributed by atoms with Crippen molar-refractivity contribution in [3.63, 3.8) is 0 Å². The minimum atomic E-state index is 0.250. The van der Waals surface area contributed by atoms with Gasteiger partial charge in [0.1, 0.15) is 5.78 Å². The van der Waals surface area contributed by atoms with E-state index in [1.807, 2.05) is 19.6 Å². The van der Waals surface area contributed by atoms with Crippen LogP contribution in [-0.4, -0.2) is 19.5 Å². The molecule has 2 nitrogen and oxygen atoms in total. The normalized spacial score (nSPS) is 47.4. The van der Waals surface area contributed by atoms with E-state index in [-0.39, 0.29) is 5.41 Å². The lowest BCUT2D eigenvalue weighted by atomic mass is 9.53. The summed E-state index contributed by atoms with van der Waals surface area (Å²) in [5, 5.41) is 0. The molecule has 0 amide bonds. The first-order valence-electron chi connectivity index (χ1n) is 10.2.